The Hall–Kier alpha value is -3.36. The van der Waals surface area contributed by atoms with Crippen LogP contribution in [0.1, 0.15) is 5.56 Å². The molecule has 3 aromatic carbocycles. The zero-order valence-electron chi connectivity index (χ0n) is 17.9. The molecule has 0 fully saturated rings. The van der Waals surface area contributed by atoms with Gasteiger partial charge >= 0.3 is 0 Å². The lowest BCUT2D eigenvalue weighted by molar-refractivity contribution is 0.164. The van der Waals surface area contributed by atoms with E-state index in [1.165, 1.54) is 11.4 Å². The van der Waals surface area contributed by atoms with Crippen LogP contribution in [0, 0.1) is 6.92 Å². The Labute approximate surface area is 187 Å². The maximum Gasteiger partial charge on any atom is 0.264 e. The number of hydrogen-bond donors (Lipinski definition) is 1. The molecular formula is C24H25N3O4S. The number of fused-ring (bicyclic) bond motifs is 1. The van der Waals surface area contributed by atoms with Crippen molar-refractivity contribution in [3.05, 3.63) is 84.7 Å². The summed E-state index contributed by atoms with van der Waals surface area (Å²) >= 11 is 0. The minimum absolute atomic E-state index is 0.147. The van der Waals surface area contributed by atoms with Crippen LogP contribution < -0.4 is 9.04 Å². The number of benzene rings is 3. The minimum atomic E-state index is -3.95. The van der Waals surface area contributed by atoms with Crippen LogP contribution in [-0.2, 0) is 16.6 Å². The highest BCUT2D eigenvalue weighted by Gasteiger charge is 2.29. The smallest absolute Gasteiger partial charge is 0.264 e. The summed E-state index contributed by atoms with van der Waals surface area (Å²) in [5.41, 5.74) is 3.01. The van der Waals surface area contributed by atoms with Gasteiger partial charge in [0.15, 0.2) is 0 Å². The predicted molar refractivity (Wildman–Crippen MR) is 124 cm³/mol. The zero-order valence-corrected chi connectivity index (χ0v) is 18.7. The van der Waals surface area contributed by atoms with E-state index in [-0.39, 0.29) is 18.0 Å². The largest absolute Gasteiger partial charge is 0.495 e. The quantitative estimate of drug-likeness (QED) is 0.442. The molecule has 1 aromatic heterocycles. The van der Waals surface area contributed by atoms with Gasteiger partial charge in [0.1, 0.15) is 5.75 Å². The number of aryl methyl sites for hydroxylation is 1. The summed E-state index contributed by atoms with van der Waals surface area (Å²) in [5.74, 6) is 0.406. The summed E-state index contributed by atoms with van der Waals surface area (Å²) in [5, 5.41) is 10.9. The summed E-state index contributed by atoms with van der Waals surface area (Å²) in [4.78, 5) is 4.49. The molecule has 0 saturated carbocycles. The van der Waals surface area contributed by atoms with Crippen molar-refractivity contribution in [2.45, 2.75) is 24.5 Å². The van der Waals surface area contributed by atoms with Crippen LogP contribution in [0.2, 0.25) is 0 Å². The summed E-state index contributed by atoms with van der Waals surface area (Å²) in [7, 11) is -2.46. The maximum atomic E-state index is 13.6. The first-order valence-electron chi connectivity index (χ1n) is 10.2. The second-order valence-corrected chi connectivity index (χ2v) is 9.42. The van der Waals surface area contributed by atoms with Gasteiger partial charge < -0.3 is 14.4 Å². The summed E-state index contributed by atoms with van der Waals surface area (Å²) < 4.78 is 35.7. The molecule has 0 radical (unpaired) electrons. The molecule has 8 heteroatoms. The zero-order chi connectivity index (χ0) is 22.7. The van der Waals surface area contributed by atoms with Gasteiger partial charge in [0.05, 0.1) is 54.2 Å². The highest BCUT2D eigenvalue weighted by atomic mass is 32.2. The lowest BCUT2D eigenvalue weighted by Gasteiger charge is -2.28. The molecule has 0 spiro atoms. The third kappa shape index (κ3) is 4.32. The van der Waals surface area contributed by atoms with Crippen molar-refractivity contribution >= 4 is 26.7 Å². The first-order valence-corrected chi connectivity index (χ1v) is 11.6. The number of aliphatic hydroxyl groups is 1. The van der Waals surface area contributed by atoms with E-state index in [2.05, 4.69) is 4.98 Å². The Morgan fingerprint density at radius 3 is 2.47 bits per heavy atom. The number of methoxy groups -OCH3 is 1. The lowest BCUT2D eigenvalue weighted by atomic mass is 10.2. The first-order chi connectivity index (χ1) is 15.4. The third-order valence-corrected chi connectivity index (χ3v) is 7.07. The second-order valence-electron chi connectivity index (χ2n) is 7.56. The Kier molecular flexibility index (Phi) is 6.16. The Morgan fingerprint density at radius 1 is 1.03 bits per heavy atom. The molecule has 0 unspecified atom stereocenters. The van der Waals surface area contributed by atoms with Crippen molar-refractivity contribution in [2.24, 2.45) is 0 Å². The van der Waals surface area contributed by atoms with Crippen molar-refractivity contribution in [3.8, 4) is 5.75 Å². The molecule has 1 atom stereocenters. The third-order valence-electron chi connectivity index (χ3n) is 5.27. The van der Waals surface area contributed by atoms with Gasteiger partial charge in [-0.15, -0.1) is 0 Å². The van der Waals surface area contributed by atoms with Crippen LogP contribution in [0.5, 0.6) is 5.75 Å². The van der Waals surface area contributed by atoms with Gasteiger partial charge in [-0.1, -0.05) is 42.0 Å². The molecule has 0 aliphatic rings. The number of hydrogen-bond acceptors (Lipinski definition) is 5. The monoisotopic (exact) mass is 451 g/mol. The molecular weight excluding hydrogens is 426 g/mol. The normalized spacial score (nSPS) is 12.6. The number of anilines is 1. The molecule has 0 aliphatic carbocycles. The predicted octanol–water partition coefficient (Wildman–Crippen LogP) is 3.61. The molecule has 7 nitrogen and oxygen atoms in total. The van der Waals surface area contributed by atoms with Crippen molar-refractivity contribution in [3.63, 3.8) is 0 Å². The van der Waals surface area contributed by atoms with E-state index in [1.54, 1.807) is 54.9 Å². The summed E-state index contributed by atoms with van der Waals surface area (Å²) in [6.45, 7) is 1.94. The summed E-state index contributed by atoms with van der Waals surface area (Å²) in [6.07, 6.45) is 0.660. The number of para-hydroxylation sites is 4. The molecule has 0 bridgehead atoms. The van der Waals surface area contributed by atoms with Gasteiger partial charge in [0.2, 0.25) is 0 Å². The van der Waals surface area contributed by atoms with E-state index in [9.17, 15) is 13.5 Å². The fourth-order valence-electron chi connectivity index (χ4n) is 3.63. The standard InChI is InChI=1S/C24H25N3O4S/c1-18-11-13-20(14-12-18)32(29,30)27(23-9-5-6-10-24(23)31-2)16-19(28)15-26-17-25-21-7-3-4-8-22(21)26/h3-14,17,19,28H,15-16H2,1-2H3/t19-/m1/s1. The van der Waals surface area contributed by atoms with E-state index < -0.39 is 16.1 Å². The number of imidazole rings is 1. The van der Waals surface area contributed by atoms with E-state index in [4.69, 9.17) is 4.74 Å². The van der Waals surface area contributed by atoms with Crippen molar-refractivity contribution in [1.29, 1.82) is 0 Å². The molecule has 1 N–H and O–H groups in total. The number of aromatic nitrogens is 2. The number of nitrogens with zero attached hydrogens (tertiary/aromatic N) is 3. The van der Waals surface area contributed by atoms with Gasteiger partial charge in [-0.2, -0.15) is 0 Å². The summed E-state index contributed by atoms with van der Waals surface area (Å²) in [6, 6.07) is 21.1. The molecule has 0 amide bonds. The Morgan fingerprint density at radius 2 is 1.72 bits per heavy atom. The van der Waals surface area contributed by atoms with Crippen LogP contribution >= 0.6 is 0 Å². The van der Waals surface area contributed by atoms with Crippen LogP contribution in [0.25, 0.3) is 11.0 Å². The van der Waals surface area contributed by atoms with Crippen molar-refractivity contribution < 1.29 is 18.3 Å². The molecule has 4 rings (SSSR count). The fourth-order valence-corrected chi connectivity index (χ4v) is 5.14. The topological polar surface area (TPSA) is 84.7 Å². The van der Waals surface area contributed by atoms with Crippen molar-refractivity contribution in [1.82, 2.24) is 9.55 Å². The van der Waals surface area contributed by atoms with Crippen LogP contribution in [-0.4, -0.2) is 42.8 Å². The average molecular weight is 452 g/mol. The van der Waals surface area contributed by atoms with E-state index in [1.807, 2.05) is 35.8 Å². The molecule has 1 heterocycles. The van der Waals surface area contributed by atoms with Gasteiger partial charge in [-0.25, -0.2) is 13.4 Å². The Bertz CT molecular complexity index is 1320. The molecule has 32 heavy (non-hydrogen) atoms. The van der Waals surface area contributed by atoms with E-state index in [0.29, 0.717) is 11.4 Å². The van der Waals surface area contributed by atoms with Gasteiger partial charge in [-0.05, 0) is 43.3 Å². The number of aliphatic hydroxyl groups excluding tert-OH is 1. The fraction of sp³-hybridized carbons (Fsp3) is 0.208. The second kappa shape index (κ2) is 9.02. The van der Waals surface area contributed by atoms with Gasteiger partial charge in [-0.3, -0.25) is 4.31 Å². The number of sulfonamides is 1. The Balaban J connectivity index is 1.70. The highest BCUT2D eigenvalue weighted by Crippen LogP contribution is 2.32. The SMILES string of the molecule is COc1ccccc1N(C[C@H](O)Cn1cnc2ccccc21)S(=O)(=O)c1ccc(C)cc1. The minimum Gasteiger partial charge on any atom is -0.495 e. The molecule has 0 aliphatic heterocycles. The number of rotatable bonds is 8. The van der Waals surface area contributed by atoms with E-state index >= 15 is 0 Å². The molecule has 4 aromatic rings. The van der Waals surface area contributed by atoms with E-state index in [0.717, 1.165) is 16.6 Å². The average Bonchev–Trinajstić information content (AvgIpc) is 3.20. The van der Waals surface area contributed by atoms with Crippen LogP contribution in [0.3, 0.4) is 0 Å². The van der Waals surface area contributed by atoms with Gasteiger partial charge in [0.25, 0.3) is 10.0 Å². The first kappa shape index (κ1) is 21.9. The van der Waals surface area contributed by atoms with Crippen LogP contribution in [0.4, 0.5) is 5.69 Å². The van der Waals surface area contributed by atoms with Crippen molar-refractivity contribution in [2.75, 3.05) is 18.0 Å². The number of ether oxygens (including phenoxy) is 1. The molecule has 0 saturated heterocycles. The maximum absolute atomic E-state index is 13.6. The lowest BCUT2D eigenvalue weighted by Crippen LogP contribution is -2.39. The van der Waals surface area contributed by atoms with Crippen LogP contribution in [0.15, 0.2) is 84.0 Å². The molecule has 166 valence electrons. The van der Waals surface area contributed by atoms with Gasteiger partial charge in [0, 0.05) is 0 Å². The highest BCUT2D eigenvalue weighted by molar-refractivity contribution is 7.92.